The Labute approximate surface area is 85.2 Å². The van der Waals surface area contributed by atoms with Gasteiger partial charge in [0.2, 0.25) is 0 Å². The molecule has 3 rings (SSSR count). The van der Waals surface area contributed by atoms with E-state index in [2.05, 4.69) is 15.2 Å². The third kappa shape index (κ3) is 1.05. The number of rotatable bonds is 1. The number of aromatic amines is 1. The minimum absolute atomic E-state index is 0.609. The molecule has 0 unspecified atom stereocenters. The highest BCUT2D eigenvalue weighted by molar-refractivity contribution is 7.15. The number of aromatic nitrogens is 3. The maximum Gasteiger partial charge on any atom is 0.129 e. The molecule has 0 bridgehead atoms. The van der Waals surface area contributed by atoms with Gasteiger partial charge in [-0.15, -0.1) is 11.3 Å². The predicted molar refractivity (Wildman–Crippen MR) is 56.1 cm³/mol. The van der Waals surface area contributed by atoms with Gasteiger partial charge in [-0.1, -0.05) is 0 Å². The third-order valence-electron chi connectivity index (χ3n) is 2.49. The van der Waals surface area contributed by atoms with Gasteiger partial charge in [0, 0.05) is 4.88 Å². The van der Waals surface area contributed by atoms with Gasteiger partial charge in [-0.05, 0) is 19.3 Å². The second-order valence-corrected chi connectivity index (χ2v) is 4.52. The van der Waals surface area contributed by atoms with Crippen molar-refractivity contribution in [2.75, 3.05) is 5.73 Å². The number of anilines is 1. The minimum atomic E-state index is 0.609. The zero-order valence-electron chi connectivity index (χ0n) is 7.58. The molecule has 3 N–H and O–H groups in total. The lowest BCUT2D eigenvalue weighted by atomic mass is 10.3. The largest absolute Gasteiger partial charge is 0.383 e. The third-order valence-corrected chi connectivity index (χ3v) is 3.69. The Bertz CT molecular complexity index is 449. The quantitative estimate of drug-likeness (QED) is 0.744. The fourth-order valence-corrected chi connectivity index (χ4v) is 2.95. The van der Waals surface area contributed by atoms with Gasteiger partial charge in [-0.3, -0.25) is 5.10 Å². The number of nitrogen functional groups attached to an aromatic ring is 1. The second-order valence-electron chi connectivity index (χ2n) is 3.44. The molecule has 0 spiro atoms. The molecule has 2 aromatic rings. The summed E-state index contributed by atoms with van der Waals surface area (Å²) in [7, 11) is 0. The summed E-state index contributed by atoms with van der Waals surface area (Å²) in [6.07, 6.45) is 5.27. The van der Waals surface area contributed by atoms with Gasteiger partial charge < -0.3 is 5.73 Å². The van der Waals surface area contributed by atoms with E-state index in [0.29, 0.717) is 5.82 Å². The van der Waals surface area contributed by atoms with Crippen LogP contribution in [-0.2, 0) is 12.8 Å². The Hall–Kier alpha value is -1.36. The summed E-state index contributed by atoms with van der Waals surface area (Å²) in [5, 5.41) is 7.62. The van der Waals surface area contributed by atoms with Crippen LogP contribution in [0, 0.1) is 0 Å². The average molecular weight is 206 g/mol. The van der Waals surface area contributed by atoms with Crippen molar-refractivity contribution in [3.63, 3.8) is 0 Å². The van der Waals surface area contributed by atoms with E-state index in [9.17, 15) is 0 Å². The highest BCUT2D eigenvalue weighted by Crippen LogP contribution is 2.34. The average Bonchev–Trinajstić information content (AvgIpc) is 2.75. The summed E-state index contributed by atoms with van der Waals surface area (Å²) in [5.41, 5.74) is 7.93. The van der Waals surface area contributed by atoms with Crippen molar-refractivity contribution >= 4 is 17.2 Å². The topological polar surface area (TPSA) is 67.6 Å². The highest BCUT2D eigenvalue weighted by Gasteiger charge is 2.18. The molecule has 0 atom stereocenters. The molecular weight excluding hydrogens is 196 g/mol. The molecule has 1 aliphatic rings. The van der Waals surface area contributed by atoms with Crippen LogP contribution in [-0.4, -0.2) is 15.2 Å². The van der Waals surface area contributed by atoms with Gasteiger partial charge in [-0.25, -0.2) is 4.98 Å². The zero-order valence-corrected chi connectivity index (χ0v) is 8.40. The van der Waals surface area contributed by atoms with E-state index in [1.54, 1.807) is 17.5 Å². The first-order chi connectivity index (χ1) is 6.84. The number of H-pyrrole nitrogens is 1. The molecule has 0 radical (unpaired) electrons. The normalized spacial score (nSPS) is 14.6. The number of nitrogens with one attached hydrogen (secondary N) is 1. The summed E-state index contributed by atoms with van der Waals surface area (Å²) in [5.74, 6) is 0.609. The SMILES string of the molecule is Nc1[nH]ncc1-c1nc2c(s1)CCC2. The Morgan fingerprint density at radius 3 is 3.07 bits per heavy atom. The number of nitrogens with two attached hydrogens (primary N) is 1. The fourth-order valence-electron chi connectivity index (χ4n) is 1.77. The summed E-state index contributed by atoms with van der Waals surface area (Å²) >= 11 is 1.74. The molecule has 0 amide bonds. The van der Waals surface area contributed by atoms with E-state index < -0.39 is 0 Å². The summed E-state index contributed by atoms with van der Waals surface area (Å²) in [6, 6.07) is 0. The maximum absolute atomic E-state index is 5.74. The smallest absolute Gasteiger partial charge is 0.129 e. The standard InChI is InChI=1S/C9H10N4S/c10-8-5(4-11-13-8)9-12-6-2-1-3-7(6)14-9/h4H,1-3H2,(H3,10,11,13). The molecule has 0 saturated heterocycles. The van der Waals surface area contributed by atoms with Crippen molar-refractivity contribution in [3.8, 4) is 10.6 Å². The molecule has 5 heteroatoms. The van der Waals surface area contributed by atoms with E-state index in [0.717, 1.165) is 17.0 Å². The molecule has 0 aromatic carbocycles. The van der Waals surface area contributed by atoms with Crippen molar-refractivity contribution in [1.29, 1.82) is 0 Å². The first kappa shape index (κ1) is 7.99. The summed E-state index contributed by atoms with van der Waals surface area (Å²) in [4.78, 5) is 5.99. The Morgan fingerprint density at radius 1 is 1.43 bits per heavy atom. The van der Waals surface area contributed by atoms with E-state index in [4.69, 9.17) is 5.73 Å². The van der Waals surface area contributed by atoms with E-state index in [1.807, 2.05) is 0 Å². The van der Waals surface area contributed by atoms with Gasteiger partial charge in [0.1, 0.15) is 10.8 Å². The van der Waals surface area contributed by atoms with Gasteiger partial charge in [-0.2, -0.15) is 5.10 Å². The number of aryl methyl sites for hydroxylation is 2. The summed E-state index contributed by atoms with van der Waals surface area (Å²) < 4.78 is 0. The summed E-state index contributed by atoms with van der Waals surface area (Å²) in [6.45, 7) is 0. The van der Waals surface area contributed by atoms with Crippen molar-refractivity contribution in [3.05, 3.63) is 16.8 Å². The van der Waals surface area contributed by atoms with Crippen LogP contribution in [0.1, 0.15) is 17.0 Å². The van der Waals surface area contributed by atoms with Crippen LogP contribution in [0.4, 0.5) is 5.82 Å². The minimum Gasteiger partial charge on any atom is -0.383 e. The highest BCUT2D eigenvalue weighted by atomic mass is 32.1. The van der Waals surface area contributed by atoms with Crippen molar-refractivity contribution in [1.82, 2.24) is 15.2 Å². The molecule has 14 heavy (non-hydrogen) atoms. The number of hydrogen-bond acceptors (Lipinski definition) is 4. The van der Waals surface area contributed by atoms with Crippen LogP contribution < -0.4 is 5.73 Å². The number of nitrogens with zero attached hydrogens (tertiary/aromatic N) is 2. The fraction of sp³-hybridized carbons (Fsp3) is 0.333. The second kappa shape index (κ2) is 2.81. The van der Waals surface area contributed by atoms with Crippen LogP contribution in [0.5, 0.6) is 0 Å². The van der Waals surface area contributed by atoms with Gasteiger partial charge in [0.15, 0.2) is 0 Å². The number of thiazole rings is 1. The zero-order chi connectivity index (χ0) is 9.54. The predicted octanol–water partition coefficient (Wildman–Crippen LogP) is 1.60. The van der Waals surface area contributed by atoms with E-state index in [-0.39, 0.29) is 0 Å². The lowest BCUT2D eigenvalue weighted by Crippen LogP contribution is -1.87. The van der Waals surface area contributed by atoms with Crippen LogP contribution in [0.3, 0.4) is 0 Å². The van der Waals surface area contributed by atoms with Crippen molar-refractivity contribution < 1.29 is 0 Å². The van der Waals surface area contributed by atoms with Crippen molar-refractivity contribution in [2.24, 2.45) is 0 Å². The first-order valence-corrected chi connectivity index (χ1v) is 5.44. The van der Waals surface area contributed by atoms with Crippen LogP contribution in [0.25, 0.3) is 10.6 Å². The Kier molecular flexibility index (Phi) is 1.61. The number of fused-ring (bicyclic) bond motifs is 1. The van der Waals surface area contributed by atoms with Gasteiger partial charge >= 0.3 is 0 Å². The molecule has 2 heterocycles. The molecular formula is C9H10N4S. The van der Waals surface area contributed by atoms with E-state index in [1.165, 1.54) is 23.4 Å². The number of hydrogen-bond donors (Lipinski definition) is 2. The monoisotopic (exact) mass is 206 g/mol. The molecule has 0 aliphatic heterocycles. The molecule has 2 aromatic heterocycles. The maximum atomic E-state index is 5.74. The van der Waals surface area contributed by atoms with Gasteiger partial charge in [0.25, 0.3) is 0 Å². The Balaban J connectivity index is 2.09. The van der Waals surface area contributed by atoms with Gasteiger partial charge in [0.05, 0.1) is 17.5 Å². The molecule has 0 saturated carbocycles. The van der Waals surface area contributed by atoms with Crippen LogP contribution in [0.15, 0.2) is 6.20 Å². The molecule has 4 nitrogen and oxygen atoms in total. The van der Waals surface area contributed by atoms with Crippen LogP contribution >= 0.6 is 11.3 Å². The molecule has 72 valence electrons. The van der Waals surface area contributed by atoms with Crippen molar-refractivity contribution in [2.45, 2.75) is 19.3 Å². The van der Waals surface area contributed by atoms with E-state index >= 15 is 0 Å². The Morgan fingerprint density at radius 2 is 2.36 bits per heavy atom. The lowest BCUT2D eigenvalue weighted by Gasteiger charge is -1.91. The first-order valence-electron chi connectivity index (χ1n) is 4.62. The molecule has 0 fully saturated rings. The lowest BCUT2D eigenvalue weighted by molar-refractivity contribution is 0.900. The van der Waals surface area contributed by atoms with Crippen LogP contribution in [0.2, 0.25) is 0 Å². The molecule has 1 aliphatic carbocycles.